The third kappa shape index (κ3) is 3.48. The number of alkyl halides is 3. The summed E-state index contributed by atoms with van der Waals surface area (Å²) < 4.78 is 43.5. The molecule has 0 aliphatic carbocycles. The Balaban J connectivity index is 2.30. The number of rotatable bonds is 2. The Morgan fingerprint density at radius 1 is 1.29 bits per heavy atom. The summed E-state index contributed by atoms with van der Waals surface area (Å²) in [4.78, 5) is 3.26. The van der Waals surface area contributed by atoms with Crippen LogP contribution in [0.15, 0.2) is 40.7 Å². The number of nitrogens with zero attached hydrogens (tertiary/aromatic N) is 1. The molecule has 1 unspecified atom stereocenters. The zero-order chi connectivity index (χ0) is 15.8. The van der Waals surface area contributed by atoms with E-state index in [-0.39, 0.29) is 11.5 Å². The Bertz CT molecular complexity index is 607. The largest absolute Gasteiger partial charge is 0.455 e. The second-order valence-electron chi connectivity index (χ2n) is 4.61. The van der Waals surface area contributed by atoms with Crippen LogP contribution in [0.5, 0.6) is 5.75 Å². The van der Waals surface area contributed by atoms with Crippen molar-refractivity contribution in [3.05, 3.63) is 40.7 Å². The summed E-state index contributed by atoms with van der Waals surface area (Å²) in [5.41, 5.74) is -2.10. The first-order valence-electron chi connectivity index (χ1n) is 5.91. The Morgan fingerprint density at radius 2 is 1.86 bits per heavy atom. The third-order valence-corrected chi connectivity index (χ3v) is 2.96. The number of nitrogens with one attached hydrogen (secondary N) is 1. The summed E-state index contributed by atoms with van der Waals surface area (Å²) >= 11 is 5.73. The van der Waals surface area contributed by atoms with Crippen LogP contribution in [0.4, 0.5) is 13.2 Å². The summed E-state index contributed by atoms with van der Waals surface area (Å²) in [6.07, 6.45) is -4.68. The van der Waals surface area contributed by atoms with Gasteiger partial charge in [-0.15, -0.1) is 0 Å². The van der Waals surface area contributed by atoms with Gasteiger partial charge in [-0.25, -0.2) is 4.99 Å². The first-order valence-corrected chi connectivity index (χ1v) is 6.28. The molecule has 1 aromatic rings. The molecule has 1 aliphatic heterocycles. The van der Waals surface area contributed by atoms with E-state index in [2.05, 4.69) is 10.3 Å². The van der Waals surface area contributed by atoms with Crippen LogP contribution < -0.4 is 10.1 Å². The van der Waals surface area contributed by atoms with Gasteiger partial charge in [0.2, 0.25) is 11.6 Å². The fourth-order valence-corrected chi connectivity index (χ4v) is 1.94. The number of ether oxygens (including phenoxy) is 1. The summed E-state index contributed by atoms with van der Waals surface area (Å²) in [6, 6.07) is 6.17. The van der Waals surface area contributed by atoms with Crippen LogP contribution >= 0.6 is 11.6 Å². The summed E-state index contributed by atoms with van der Waals surface area (Å²) in [7, 11) is 0. The van der Waals surface area contributed by atoms with Gasteiger partial charge in [0.05, 0.1) is 5.70 Å². The molecule has 0 saturated carbocycles. The van der Waals surface area contributed by atoms with Gasteiger partial charge in [-0.3, -0.25) is 0 Å². The lowest BCUT2D eigenvalue weighted by Crippen LogP contribution is -2.46. The minimum absolute atomic E-state index is 0.0253. The van der Waals surface area contributed by atoms with Crippen molar-refractivity contribution in [2.24, 2.45) is 4.99 Å². The highest BCUT2D eigenvalue weighted by Gasteiger charge is 2.44. The quantitative estimate of drug-likeness (QED) is 0.879. The lowest BCUT2D eigenvalue weighted by atomic mass is 10.1. The van der Waals surface area contributed by atoms with E-state index >= 15 is 0 Å². The number of aliphatic imine (C=N–C) groups is 1. The predicted molar refractivity (Wildman–Crippen MR) is 72.0 cm³/mol. The molecule has 1 atom stereocenters. The second kappa shape index (κ2) is 5.23. The molecule has 21 heavy (non-hydrogen) atoms. The van der Waals surface area contributed by atoms with Crippen molar-refractivity contribution in [1.82, 2.24) is 5.32 Å². The lowest BCUT2D eigenvalue weighted by molar-refractivity contribution is -0.0652. The average molecular weight is 321 g/mol. The van der Waals surface area contributed by atoms with Gasteiger partial charge < -0.3 is 15.2 Å². The molecule has 8 heteroatoms. The minimum Gasteiger partial charge on any atom is -0.455 e. The number of amidine groups is 1. The van der Waals surface area contributed by atoms with E-state index in [1.165, 1.54) is 19.1 Å². The van der Waals surface area contributed by atoms with E-state index in [4.69, 9.17) is 16.3 Å². The van der Waals surface area contributed by atoms with Gasteiger partial charge in [-0.1, -0.05) is 11.6 Å². The summed E-state index contributed by atoms with van der Waals surface area (Å²) in [5.74, 6) is -1.06. The van der Waals surface area contributed by atoms with Crippen LogP contribution in [0.3, 0.4) is 0 Å². The Kier molecular flexibility index (Phi) is 3.90. The zero-order valence-electron chi connectivity index (χ0n) is 11.1. The summed E-state index contributed by atoms with van der Waals surface area (Å²) in [6.45, 7) is 2.48. The van der Waals surface area contributed by atoms with Crippen LogP contribution in [-0.2, 0) is 0 Å². The lowest BCUT2D eigenvalue weighted by Gasteiger charge is -2.30. The third-order valence-electron chi connectivity index (χ3n) is 2.71. The smallest absolute Gasteiger partial charge is 0.449 e. The van der Waals surface area contributed by atoms with Gasteiger partial charge in [0, 0.05) is 5.02 Å². The van der Waals surface area contributed by atoms with Gasteiger partial charge in [0.25, 0.3) is 0 Å². The zero-order valence-corrected chi connectivity index (χ0v) is 11.9. The number of hydrogen-bond donors (Lipinski definition) is 2. The number of aliphatic hydroxyl groups is 1. The van der Waals surface area contributed by atoms with E-state index in [0.29, 0.717) is 10.8 Å². The Labute approximate surface area is 123 Å². The highest BCUT2D eigenvalue weighted by molar-refractivity contribution is 6.30. The van der Waals surface area contributed by atoms with E-state index in [9.17, 15) is 18.3 Å². The van der Waals surface area contributed by atoms with Crippen LogP contribution in [-0.4, -0.2) is 22.8 Å². The molecular formula is C13H12ClF3N2O2. The van der Waals surface area contributed by atoms with E-state index < -0.39 is 17.7 Å². The molecule has 0 radical (unpaired) electrons. The van der Waals surface area contributed by atoms with Gasteiger partial charge in [-0.2, -0.15) is 13.2 Å². The maximum atomic E-state index is 12.7. The van der Waals surface area contributed by atoms with Gasteiger partial charge in [0.15, 0.2) is 5.76 Å². The molecule has 2 N–H and O–H groups in total. The molecule has 1 aromatic carbocycles. The van der Waals surface area contributed by atoms with Crippen LogP contribution in [0.25, 0.3) is 0 Å². The van der Waals surface area contributed by atoms with E-state index in [1.807, 2.05) is 0 Å². The Morgan fingerprint density at radius 3 is 2.33 bits per heavy atom. The fraction of sp³-hybridized carbons (Fsp3) is 0.308. The first-order chi connectivity index (χ1) is 9.59. The minimum atomic E-state index is -4.68. The van der Waals surface area contributed by atoms with Crippen molar-refractivity contribution in [1.29, 1.82) is 0 Å². The monoisotopic (exact) mass is 320 g/mol. The number of benzene rings is 1. The molecule has 0 bridgehead atoms. The van der Waals surface area contributed by atoms with Gasteiger partial charge in [0.1, 0.15) is 5.75 Å². The number of allylic oxidation sites excluding steroid dienone is 1. The summed E-state index contributed by atoms with van der Waals surface area (Å²) in [5, 5.41) is 12.7. The van der Waals surface area contributed by atoms with Crippen molar-refractivity contribution in [2.75, 3.05) is 0 Å². The molecule has 1 heterocycles. The molecule has 114 valence electrons. The van der Waals surface area contributed by atoms with Crippen molar-refractivity contribution in [3.63, 3.8) is 0 Å². The molecule has 0 saturated heterocycles. The maximum Gasteiger partial charge on any atom is 0.449 e. The maximum absolute atomic E-state index is 12.7. The second-order valence-corrected chi connectivity index (χ2v) is 5.05. The van der Waals surface area contributed by atoms with Crippen molar-refractivity contribution in [3.8, 4) is 5.75 Å². The van der Waals surface area contributed by atoms with Crippen molar-refractivity contribution in [2.45, 2.75) is 25.7 Å². The normalized spacial score (nSPS) is 22.7. The predicted octanol–water partition coefficient (Wildman–Crippen LogP) is 3.22. The SMILES string of the molecule is CC1=C(Oc2ccc(Cl)cc2)C(C)(O)N=C(C(F)(F)F)N1. The molecule has 2 rings (SSSR count). The topological polar surface area (TPSA) is 53.9 Å². The van der Waals surface area contributed by atoms with Gasteiger partial charge in [-0.05, 0) is 38.1 Å². The van der Waals surface area contributed by atoms with Gasteiger partial charge >= 0.3 is 6.18 Å². The molecule has 0 fully saturated rings. The van der Waals surface area contributed by atoms with Crippen LogP contribution in [0, 0.1) is 0 Å². The molecular weight excluding hydrogens is 309 g/mol. The van der Waals surface area contributed by atoms with Crippen molar-refractivity contribution < 1.29 is 23.0 Å². The Hall–Kier alpha value is -1.73. The van der Waals surface area contributed by atoms with Crippen molar-refractivity contribution >= 4 is 17.4 Å². The number of halogens is 4. The first kappa shape index (κ1) is 15.7. The van der Waals surface area contributed by atoms with Crippen LogP contribution in [0.1, 0.15) is 13.8 Å². The highest BCUT2D eigenvalue weighted by Crippen LogP contribution is 2.31. The number of hydrogen-bond acceptors (Lipinski definition) is 4. The highest BCUT2D eigenvalue weighted by atomic mass is 35.5. The van der Waals surface area contributed by atoms with Crippen LogP contribution in [0.2, 0.25) is 5.02 Å². The van der Waals surface area contributed by atoms with E-state index in [1.54, 1.807) is 12.1 Å². The molecule has 1 aliphatic rings. The van der Waals surface area contributed by atoms with E-state index in [0.717, 1.165) is 6.92 Å². The fourth-order valence-electron chi connectivity index (χ4n) is 1.81. The molecule has 0 aromatic heterocycles. The standard InChI is InChI=1S/C13H12ClF3N2O2/c1-7-10(21-9-5-3-8(14)4-6-9)12(2,20)19-11(18-7)13(15,16)17/h3-6,20H,1-2H3,(H,18,19). The average Bonchev–Trinajstić information content (AvgIpc) is 2.34. The molecule has 4 nitrogen and oxygen atoms in total. The molecule has 0 amide bonds. The molecule has 0 spiro atoms.